The molecule has 2 aromatic heterocycles. The molecule has 2 N–H and O–H groups in total. The number of nitrogens with zero attached hydrogens (tertiary/aromatic N) is 2. The van der Waals surface area contributed by atoms with Gasteiger partial charge < -0.3 is 15.0 Å². The molecule has 2 aromatic carbocycles. The number of aliphatic hydroxyl groups excluding tert-OH is 1. The predicted molar refractivity (Wildman–Crippen MR) is 110 cm³/mol. The zero-order valence-electron chi connectivity index (χ0n) is 15.5. The summed E-state index contributed by atoms with van der Waals surface area (Å²) in [6, 6.07) is 20.9. The quantitative estimate of drug-likeness (QED) is 0.557. The number of amides is 1. The van der Waals surface area contributed by atoms with Crippen molar-refractivity contribution in [2.75, 3.05) is 0 Å². The highest BCUT2D eigenvalue weighted by Crippen LogP contribution is 2.21. The summed E-state index contributed by atoms with van der Waals surface area (Å²) in [6.07, 6.45) is 4.25. The van der Waals surface area contributed by atoms with Crippen LogP contribution in [0.1, 0.15) is 23.4 Å². The lowest BCUT2D eigenvalue weighted by atomic mass is 10.1. The first-order chi connectivity index (χ1) is 13.6. The van der Waals surface area contributed by atoms with Crippen LogP contribution in [0.15, 0.2) is 85.3 Å². The lowest BCUT2D eigenvalue weighted by Crippen LogP contribution is -2.38. The van der Waals surface area contributed by atoms with E-state index >= 15 is 0 Å². The standard InChI is InChI=1S/C23H21N3O2/c1-16(27)22(26-14-19-7-2-3-8-20(19)15-26)25-23(28)18-10-6-9-17(13-18)21-11-4-5-12-24-21/h2-16,22,27H,1H3,(H,25,28). The summed E-state index contributed by atoms with van der Waals surface area (Å²) in [5.41, 5.74) is 2.19. The third-order valence-corrected chi connectivity index (χ3v) is 4.71. The first-order valence-corrected chi connectivity index (χ1v) is 9.18. The highest BCUT2D eigenvalue weighted by Gasteiger charge is 2.20. The SMILES string of the molecule is CC(O)C(NC(=O)c1cccc(-c2ccccn2)c1)n1cc2ccccc2c1. The van der Waals surface area contributed by atoms with Crippen molar-refractivity contribution in [2.24, 2.45) is 0 Å². The van der Waals surface area contributed by atoms with Crippen LogP contribution in [0.4, 0.5) is 0 Å². The van der Waals surface area contributed by atoms with Gasteiger partial charge in [0.05, 0.1) is 11.8 Å². The van der Waals surface area contributed by atoms with Crippen LogP contribution in [0.2, 0.25) is 0 Å². The van der Waals surface area contributed by atoms with Crippen molar-refractivity contribution in [3.8, 4) is 11.3 Å². The van der Waals surface area contributed by atoms with Gasteiger partial charge >= 0.3 is 0 Å². The van der Waals surface area contributed by atoms with E-state index < -0.39 is 12.3 Å². The van der Waals surface area contributed by atoms with Crippen LogP contribution < -0.4 is 5.32 Å². The molecule has 2 heterocycles. The molecule has 4 rings (SSSR count). The van der Waals surface area contributed by atoms with Crippen molar-refractivity contribution in [3.63, 3.8) is 0 Å². The molecule has 0 spiro atoms. The predicted octanol–water partition coefficient (Wildman–Crippen LogP) is 4.01. The van der Waals surface area contributed by atoms with E-state index in [0.29, 0.717) is 5.56 Å². The minimum Gasteiger partial charge on any atom is -0.389 e. The third-order valence-electron chi connectivity index (χ3n) is 4.71. The Bertz CT molecular complexity index is 1070. The first-order valence-electron chi connectivity index (χ1n) is 9.18. The number of hydrogen-bond donors (Lipinski definition) is 2. The van der Waals surface area contributed by atoms with Gasteiger partial charge in [0.1, 0.15) is 6.17 Å². The maximum absolute atomic E-state index is 12.9. The smallest absolute Gasteiger partial charge is 0.252 e. The lowest BCUT2D eigenvalue weighted by molar-refractivity contribution is 0.0764. The molecule has 4 aromatic rings. The number of hydrogen-bond acceptors (Lipinski definition) is 3. The number of rotatable bonds is 5. The van der Waals surface area contributed by atoms with Crippen molar-refractivity contribution >= 4 is 16.7 Å². The number of aliphatic hydroxyl groups is 1. The Hall–Kier alpha value is -3.44. The molecule has 28 heavy (non-hydrogen) atoms. The van der Waals surface area contributed by atoms with Gasteiger partial charge in [-0.2, -0.15) is 0 Å². The van der Waals surface area contributed by atoms with Gasteiger partial charge in [-0.25, -0.2) is 0 Å². The zero-order chi connectivity index (χ0) is 19.5. The van der Waals surface area contributed by atoms with E-state index in [4.69, 9.17) is 0 Å². The number of carbonyl (C=O) groups is 1. The van der Waals surface area contributed by atoms with Gasteiger partial charge in [-0.3, -0.25) is 9.78 Å². The summed E-state index contributed by atoms with van der Waals surface area (Å²) in [5.74, 6) is -0.249. The number of aromatic nitrogens is 2. The summed E-state index contributed by atoms with van der Waals surface area (Å²) in [6.45, 7) is 1.67. The molecule has 2 atom stereocenters. The minimum atomic E-state index is -0.760. The molecule has 5 nitrogen and oxygen atoms in total. The molecule has 0 aliphatic carbocycles. The van der Waals surface area contributed by atoms with Crippen LogP contribution in [0.5, 0.6) is 0 Å². The van der Waals surface area contributed by atoms with Gasteiger partial charge in [0.25, 0.3) is 5.91 Å². The van der Waals surface area contributed by atoms with E-state index in [9.17, 15) is 9.90 Å². The Morgan fingerprint density at radius 3 is 2.36 bits per heavy atom. The number of benzene rings is 2. The van der Waals surface area contributed by atoms with Gasteiger partial charge in [-0.1, -0.05) is 42.5 Å². The van der Waals surface area contributed by atoms with E-state index in [1.54, 1.807) is 19.2 Å². The van der Waals surface area contributed by atoms with Crippen LogP contribution in [-0.4, -0.2) is 26.7 Å². The summed E-state index contributed by atoms with van der Waals surface area (Å²) >= 11 is 0. The normalized spacial score (nSPS) is 13.2. The molecule has 0 saturated carbocycles. The zero-order valence-corrected chi connectivity index (χ0v) is 15.5. The Kier molecular flexibility index (Phi) is 4.91. The molecule has 0 aliphatic heterocycles. The van der Waals surface area contributed by atoms with Crippen LogP contribution in [-0.2, 0) is 0 Å². The minimum absolute atomic E-state index is 0.249. The van der Waals surface area contributed by atoms with E-state index in [1.807, 2.05) is 77.6 Å². The fourth-order valence-corrected chi connectivity index (χ4v) is 3.28. The van der Waals surface area contributed by atoms with E-state index in [0.717, 1.165) is 22.0 Å². The molecule has 1 amide bonds. The second-order valence-corrected chi connectivity index (χ2v) is 6.79. The second-order valence-electron chi connectivity index (χ2n) is 6.79. The van der Waals surface area contributed by atoms with Gasteiger partial charge in [0.2, 0.25) is 0 Å². The van der Waals surface area contributed by atoms with Crippen LogP contribution in [0.25, 0.3) is 22.0 Å². The van der Waals surface area contributed by atoms with Gasteiger partial charge in [-0.15, -0.1) is 0 Å². The largest absolute Gasteiger partial charge is 0.389 e. The molecule has 5 heteroatoms. The fraction of sp³-hybridized carbons (Fsp3) is 0.130. The molecule has 0 aliphatic rings. The monoisotopic (exact) mass is 371 g/mol. The van der Waals surface area contributed by atoms with Gasteiger partial charge in [0.15, 0.2) is 0 Å². The van der Waals surface area contributed by atoms with E-state index in [1.165, 1.54) is 0 Å². The number of nitrogens with one attached hydrogen (secondary N) is 1. The Balaban J connectivity index is 1.60. The molecule has 2 unspecified atom stereocenters. The highest BCUT2D eigenvalue weighted by atomic mass is 16.3. The molecular formula is C23H21N3O2. The maximum Gasteiger partial charge on any atom is 0.252 e. The maximum atomic E-state index is 12.9. The first kappa shape index (κ1) is 17.9. The fourth-order valence-electron chi connectivity index (χ4n) is 3.28. The average Bonchev–Trinajstić information content (AvgIpc) is 3.16. The van der Waals surface area contributed by atoms with Crippen LogP contribution >= 0.6 is 0 Å². The van der Waals surface area contributed by atoms with Crippen molar-refractivity contribution in [1.29, 1.82) is 0 Å². The molecule has 140 valence electrons. The van der Waals surface area contributed by atoms with Crippen molar-refractivity contribution in [1.82, 2.24) is 14.9 Å². The summed E-state index contributed by atoms with van der Waals surface area (Å²) in [5, 5.41) is 15.3. The number of fused-ring (bicyclic) bond motifs is 1. The van der Waals surface area contributed by atoms with Gasteiger partial charge in [-0.05, 0) is 42.0 Å². The van der Waals surface area contributed by atoms with E-state index in [2.05, 4.69) is 10.3 Å². The summed E-state index contributed by atoms with van der Waals surface area (Å²) in [7, 11) is 0. The lowest BCUT2D eigenvalue weighted by Gasteiger charge is -2.23. The topological polar surface area (TPSA) is 67.2 Å². The van der Waals surface area contributed by atoms with Crippen molar-refractivity contribution < 1.29 is 9.90 Å². The molecular weight excluding hydrogens is 350 g/mol. The molecule has 0 saturated heterocycles. The van der Waals surface area contributed by atoms with Crippen molar-refractivity contribution in [3.05, 3.63) is 90.9 Å². The molecule has 0 bridgehead atoms. The Morgan fingerprint density at radius 2 is 1.71 bits per heavy atom. The summed E-state index contributed by atoms with van der Waals surface area (Å²) in [4.78, 5) is 17.2. The number of carbonyl (C=O) groups excluding carboxylic acids is 1. The average molecular weight is 371 g/mol. The van der Waals surface area contributed by atoms with Crippen LogP contribution in [0, 0.1) is 0 Å². The highest BCUT2D eigenvalue weighted by molar-refractivity contribution is 5.95. The molecule has 0 fully saturated rings. The Morgan fingerprint density at radius 1 is 1.00 bits per heavy atom. The van der Waals surface area contributed by atoms with Crippen molar-refractivity contribution in [2.45, 2.75) is 19.2 Å². The summed E-state index contributed by atoms with van der Waals surface area (Å²) < 4.78 is 1.84. The third kappa shape index (κ3) is 3.66. The molecule has 0 radical (unpaired) electrons. The van der Waals surface area contributed by atoms with Crippen LogP contribution in [0.3, 0.4) is 0 Å². The second kappa shape index (κ2) is 7.66. The van der Waals surface area contributed by atoms with Gasteiger partial charge in [0, 0.05) is 29.7 Å². The Labute approximate surface area is 163 Å². The van der Waals surface area contributed by atoms with E-state index in [-0.39, 0.29) is 5.91 Å². The number of pyridine rings is 1.